The summed E-state index contributed by atoms with van der Waals surface area (Å²) in [7, 11) is 0. The lowest BCUT2D eigenvalue weighted by molar-refractivity contribution is -0.133. The van der Waals surface area contributed by atoms with E-state index in [0.29, 0.717) is 0 Å². The van der Waals surface area contributed by atoms with Gasteiger partial charge in [0.15, 0.2) is 0 Å². The average Bonchev–Trinajstić information content (AvgIpc) is 2.17. The highest BCUT2D eigenvalue weighted by Crippen LogP contribution is 2.09. The van der Waals surface area contributed by atoms with E-state index < -0.39 is 5.60 Å². The van der Waals surface area contributed by atoms with Crippen LogP contribution in [-0.4, -0.2) is 46.7 Å². The molecule has 2 unspecified atom stereocenters. The van der Waals surface area contributed by atoms with Crippen LogP contribution in [0.15, 0.2) is 0 Å². The van der Waals surface area contributed by atoms with E-state index in [4.69, 9.17) is 0 Å². The first-order valence-corrected chi connectivity index (χ1v) is 6.01. The van der Waals surface area contributed by atoms with Crippen LogP contribution >= 0.6 is 0 Å². The number of carbonyl (C=O) groups excluding carboxylic acids is 1. The van der Waals surface area contributed by atoms with Gasteiger partial charge in [-0.1, -0.05) is 0 Å². The fourth-order valence-electron chi connectivity index (χ4n) is 1.46. The van der Waals surface area contributed by atoms with Crippen molar-refractivity contribution in [3.63, 3.8) is 0 Å². The van der Waals surface area contributed by atoms with E-state index in [1.54, 1.807) is 18.7 Å². The summed E-state index contributed by atoms with van der Waals surface area (Å²) in [4.78, 5) is 13.7. The van der Waals surface area contributed by atoms with Gasteiger partial charge in [0.25, 0.3) is 0 Å². The summed E-state index contributed by atoms with van der Waals surface area (Å²) in [6, 6.07) is -0.386. The van der Waals surface area contributed by atoms with Gasteiger partial charge in [-0.15, -0.1) is 0 Å². The molecule has 0 radical (unpaired) electrons. The number of amides is 1. The largest absolute Gasteiger partial charge is 0.389 e. The average molecular weight is 230 g/mol. The van der Waals surface area contributed by atoms with Gasteiger partial charge >= 0.3 is 0 Å². The molecule has 0 aliphatic carbocycles. The maximum Gasteiger partial charge on any atom is 0.239 e. The number of likely N-dealkylation sites (N-methyl/N-ethyl adjacent to an activating group) is 1. The van der Waals surface area contributed by atoms with Crippen molar-refractivity contribution in [3.05, 3.63) is 0 Å². The Hall–Kier alpha value is -0.610. The number of nitrogens with one attached hydrogen (secondary N) is 1. The van der Waals surface area contributed by atoms with Crippen LogP contribution in [-0.2, 0) is 4.79 Å². The third-order valence-electron chi connectivity index (χ3n) is 3.01. The molecule has 4 nitrogen and oxygen atoms in total. The third kappa shape index (κ3) is 4.49. The lowest BCUT2D eigenvalue weighted by Crippen LogP contribution is -2.53. The van der Waals surface area contributed by atoms with Gasteiger partial charge in [-0.3, -0.25) is 4.79 Å². The Balaban J connectivity index is 4.36. The molecule has 2 N–H and O–H groups in total. The summed E-state index contributed by atoms with van der Waals surface area (Å²) >= 11 is 0. The normalized spacial score (nSPS) is 15.7. The summed E-state index contributed by atoms with van der Waals surface area (Å²) in [6.07, 6.45) is 0. The van der Waals surface area contributed by atoms with Crippen molar-refractivity contribution >= 4 is 5.91 Å². The molecule has 0 saturated heterocycles. The molecule has 0 saturated carbocycles. The molecule has 2 atom stereocenters. The van der Waals surface area contributed by atoms with Crippen LogP contribution < -0.4 is 5.32 Å². The van der Waals surface area contributed by atoms with E-state index in [0.717, 1.165) is 13.1 Å². The molecule has 0 aromatic carbocycles. The van der Waals surface area contributed by atoms with Gasteiger partial charge in [-0.25, -0.2) is 0 Å². The van der Waals surface area contributed by atoms with Crippen molar-refractivity contribution < 1.29 is 9.90 Å². The van der Waals surface area contributed by atoms with Gasteiger partial charge in [0.05, 0.1) is 11.6 Å². The van der Waals surface area contributed by atoms with E-state index >= 15 is 0 Å². The van der Waals surface area contributed by atoms with E-state index in [2.05, 4.69) is 5.32 Å². The zero-order valence-electron chi connectivity index (χ0n) is 11.4. The zero-order valence-corrected chi connectivity index (χ0v) is 11.4. The molecule has 16 heavy (non-hydrogen) atoms. The summed E-state index contributed by atoms with van der Waals surface area (Å²) in [5.74, 6) is 0.0844. The van der Waals surface area contributed by atoms with Crippen LogP contribution in [0.1, 0.15) is 41.5 Å². The summed E-state index contributed by atoms with van der Waals surface area (Å²) in [5, 5.41) is 12.9. The summed E-state index contributed by atoms with van der Waals surface area (Å²) in [6.45, 7) is 12.6. The highest BCUT2D eigenvalue weighted by atomic mass is 16.3. The first kappa shape index (κ1) is 15.4. The molecular formula is C12H26N2O2. The quantitative estimate of drug-likeness (QED) is 0.715. The van der Waals surface area contributed by atoms with Gasteiger partial charge in [-0.05, 0) is 41.5 Å². The molecule has 4 heteroatoms. The minimum Gasteiger partial charge on any atom is -0.389 e. The molecule has 0 aliphatic heterocycles. The SMILES string of the molecule is CCN(CC)C(=O)C(C)NC(C)C(C)(C)O. The molecule has 0 spiro atoms. The van der Waals surface area contributed by atoms with Gasteiger partial charge in [-0.2, -0.15) is 0 Å². The highest BCUT2D eigenvalue weighted by Gasteiger charge is 2.26. The molecule has 0 aromatic rings. The fourth-order valence-corrected chi connectivity index (χ4v) is 1.46. The van der Waals surface area contributed by atoms with Crippen molar-refractivity contribution in [1.29, 1.82) is 0 Å². The Kier molecular flexibility index (Phi) is 5.97. The van der Waals surface area contributed by atoms with Crippen LogP contribution in [0.3, 0.4) is 0 Å². The highest BCUT2D eigenvalue weighted by molar-refractivity contribution is 5.81. The predicted molar refractivity (Wildman–Crippen MR) is 66.3 cm³/mol. The molecule has 1 amide bonds. The van der Waals surface area contributed by atoms with E-state index in [1.165, 1.54) is 0 Å². The summed E-state index contributed by atoms with van der Waals surface area (Å²) < 4.78 is 0. The van der Waals surface area contributed by atoms with Gasteiger partial charge in [0.1, 0.15) is 0 Å². The molecule has 0 bridgehead atoms. The molecule has 0 aromatic heterocycles. The minimum absolute atomic E-state index is 0.0844. The molecule has 0 aliphatic rings. The van der Waals surface area contributed by atoms with Crippen LogP contribution in [0, 0.1) is 0 Å². The number of hydrogen-bond donors (Lipinski definition) is 2. The number of aliphatic hydroxyl groups is 1. The van der Waals surface area contributed by atoms with Crippen molar-refractivity contribution in [1.82, 2.24) is 10.2 Å². The van der Waals surface area contributed by atoms with Crippen LogP contribution in [0.4, 0.5) is 0 Å². The topological polar surface area (TPSA) is 52.6 Å². The first-order chi connectivity index (χ1) is 7.23. The van der Waals surface area contributed by atoms with Crippen LogP contribution in [0.25, 0.3) is 0 Å². The van der Waals surface area contributed by atoms with E-state index in [9.17, 15) is 9.90 Å². The second kappa shape index (κ2) is 6.21. The zero-order chi connectivity index (χ0) is 12.9. The Bertz CT molecular complexity index is 220. The third-order valence-corrected chi connectivity index (χ3v) is 3.01. The van der Waals surface area contributed by atoms with Crippen molar-refractivity contribution in [2.24, 2.45) is 0 Å². The number of rotatable bonds is 6. The first-order valence-electron chi connectivity index (χ1n) is 6.01. The maximum atomic E-state index is 11.9. The van der Waals surface area contributed by atoms with Crippen LogP contribution in [0.2, 0.25) is 0 Å². The predicted octanol–water partition coefficient (Wildman–Crippen LogP) is 0.992. The maximum absolute atomic E-state index is 11.9. The monoisotopic (exact) mass is 230 g/mol. The summed E-state index contributed by atoms with van der Waals surface area (Å²) in [5.41, 5.74) is -0.822. The standard InChI is InChI=1S/C12H26N2O2/c1-7-14(8-2)11(15)9(3)13-10(4)12(5,6)16/h9-10,13,16H,7-8H2,1-6H3. The lowest BCUT2D eigenvalue weighted by Gasteiger charge is -2.31. The van der Waals surface area contributed by atoms with E-state index in [-0.39, 0.29) is 18.0 Å². The van der Waals surface area contributed by atoms with Gasteiger partial charge < -0.3 is 15.3 Å². The Morgan fingerprint density at radius 1 is 1.31 bits per heavy atom. The van der Waals surface area contributed by atoms with Gasteiger partial charge in [0, 0.05) is 19.1 Å². The molecule has 0 heterocycles. The van der Waals surface area contributed by atoms with Crippen molar-refractivity contribution in [2.75, 3.05) is 13.1 Å². The Morgan fingerprint density at radius 3 is 2.06 bits per heavy atom. The molecule has 0 rings (SSSR count). The fraction of sp³-hybridized carbons (Fsp3) is 0.917. The second-order valence-electron chi connectivity index (χ2n) is 4.77. The smallest absolute Gasteiger partial charge is 0.239 e. The Labute approximate surface area is 99.0 Å². The van der Waals surface area contributed by atoms with Gasteiger partial charge in [0.2, 0.25) is 5.91 Å². The minimum atomic E-state index is -0.822. The molecule has 0 fully saturated rings. The number of carbonyl (C=O) groups is 1. The van der Waals surface area contributed by atoms with Crippen molar-refractivity contribution in [2.45, 2.75) is 59.2 Å². The number of nitrogens with zero attached hydrogens (tertiary/aromatic N) is 1. The van der Waals surface area contributed by atoms with Crippen LogP contribution in [0.5, 0.6) is 0 Å². The number of hydrogen-bond acceptors (Lipinski definition) is 3. The van der Waals surface area contributed by atoms with Crippen molar-refractivity contribution in [3.8, 4) is 0 Å². The Morgan fingerprint density at radius 2 is 1.75 bits per heavy atom. The second-order valence-corrected chi connectivity index (χ2v) is 4.77. The molecule has 96 valence electrons. The lowest BCUT2D eigenvalue weighted by atomic mass is 10.00. The van der Waals surface area contributed by atoms with E-state index in [1.807, 2.05) is 27.7 Å². The molecular weight excluding hydrogens is 204 g/mol.